The Hall–Kier alpha value is -3.54. The Morgan fingerprint density at radius 1 is 0.933 bits per heavy atom. The third-order valence-electron chi connectivity index (χ3n) is 4.78. The monoisotopic (exact) mass is 406 g/mol. The lowest BCUT2D eigenvalue weighted by molar-refractivity contribution is -0.119. The summed E-state index contributed by atoms with van der Waals surface area (Å²) in [6.07, 6.45) is 3.20. The highest BCUT2D eigenvalue weighted by molar-refractivity contribution is 5.99. The summed E-state index contributed by atoms with van der Waals surface area (Å²) in [7, 11) is 0. The van der Waals surface area contributed by atoms with E-state index in [1.54, 1.807) is 30.5 Å². The van der Waals surface area contributed by atoms with Crippen molar-refractivity contribution >= 4 is 23.3 Å². The van der Waals surface area contributed by atoms with Crippen LogP contribution in [0, 0.1) is 0 Å². The van der Waals surface area contributed by atoms with Crippen molar-refractivity contribution in [2.45, 2.75) is 33.2 Å². The molecule has 1 amide bonds. The summed E-state index contributed by atoms with van der Waals surface area (Å²) in [5.74, 6) is -0.175. The lowest BCUT2D eigenvalue weighted by Crippen LogP contribution is -2.22. The predicted octanol–water partition coefficient (Wildman–Crippen LogP) is 4.81. The van der Waals surface area contributed by atoms with E-state index in [0.717, 1.165) is 35.4 Å². The van der Waals surface area contributed by atoms with E-state index in [1.807, 2.05) is 44.2 Å². The standard InChI is InChI=1S/C24H26N2O4/c1-3-17-9-7-10-18(4-2)23(17)26-22(27)16-30-24(28)20-12-5-6-13-21(20)25-15-19-11-8-14-29-19/h5-14,25H,3-4,15-16H2,1-2H3,(H,26,27). The number of hydrogen-bond donors (Lipinski definition) is 2. The summed E-state index contributed by atoms with van der Waals surface area (Å²) in [5, 5.41) is 6.06. The molecule has 0 spiro atoms. The van der Waals surface area contributed by atoms with Crippen LogP contribution >= 0.6 is 0 Å². The number of rotatable bonds is 9. The van der Waals surface area contributed by atoms with Crippen LogP contribution in [0.15, 0.2) is 65.3 Å². The number of anilines is 2. The molecule has 30 heavy (non-hydrogen) atoms. The molecule has 0 atom stereocenters. The number of carbonyl (C=O) groups is 2. The Morgan fingerprint density at radius 2 is 1.67 bits per heavy atom. The lowest BCUT2D eigenvalue weighted by atomic mass is 10.0. The molecule has 0 aliphatic rings. The first-order chi connectivity index (χ1) is 14.6. The molecule has 1 aromatic heterocycles. The quantitative estimate of drug-likeness (QED) is 0.498. The number of furan rings is 1. The van der Waals surface area contributed by atoms with Crippen molar-refractivity contribution in [1.29, 1.82) is 0 Å². The van der Waals surface area contributed by atoms with Gasteiger partial charge < -0.3 is 19.8 Å². The first-order valence-corrected chi connectivity index (χ1v) is 10.0. The summed E-state index contributed by atoms with van der Waals surface area (Å²) in [6, 6.07) is 16.6. The van der Waals surface area contributed by atoms with E-state index < -0.39 is 5.97 Å². The first kappa shape index (κ1) is 21.2. The molecule has 0 bridgehead atoms. The topological polar surface area (TPSA) is 80.6 Å². The SMILES string of the molecule is CCc1cccc(CC)c1NC(=O)COC(=O)c1ccccc1NCc1ccco1. The molecule has 6 nitrogen and oxygen atoms in total. The van der Waals surface area contributed by atoms with E-state index in [2.05, 4.69) is 10.6 Å². The van der Waals surface area contributed by atoms with Gasteiger partial charge in [0.05, 0.1) is 18.4 Å². The van der Waals surface area contributed by atoms with Crippen LogP contribution in [-0.4, -0.2) is 18.5 Å². The van der Waals surface area contributed by atoms with Crippen molar-refractivity contribution in [2.75, 3.05) is 17.2 Å². The van der Waals surface area contributed by atoms with Gasteiger partial charge in [-0.3, -0.25) is 4.79 Å². The van der Waals surface area contributed by atoms with Crippen LogP contribution in [0.4, 0.5) is 11.4 Å². The molecular formula is C24H26N2O4. The minimum Gasteiger partial charge on any atom is -0.467 e. The van der Waals surface area contributed by atoms with Crippen molar-refractivity contribution in [1.82, 2.24) is 0 Å². The van der Waals surface area contributed by atoms with E-state index in [0.29, 0.717) is 17.8 Å². The average molecular weight is 406 g/mol. The lowest BCUT2D eigenvalue weighted by Gasteiger charge is -2.15. The second-order valence-electron chi connectivity index (χ2n) is 6.76. The number of carbonyl (C=O) groups excluding carboxylic acids is 2. The van der Waals surface area contributed by atoms with Crippen LogP contribution in [0.3, 0.4) is 0 Å². The van der Waals surface area contributed by atoms with Crippen LogP contribution < -0.4 is 10.6 Å². The highest BCUT2D eigenvalue weighted by Gasteiger charge is 2.16. The van der Waals surface area contributed by atoms with Gasteiger partial charge in [-0.1, -0.05) is 44.2 Å². The number of amides is 1. The van der Waals surface area contributed by atoms with Crippen molar-refractivity contribution in [3.63, 3.8) is 0 Å². The number of esters is 1. The molecule has 0 saturated carbocycles. The fraction of sp³-hybridized carbons (Fsp3) is 0.250. The number of benzene rings is 2. The molecule has 2 aromatic carbocycles. The molecule has 0 saturated heterocycles. The highest BCUT2D eigenvalue weighted by atomic mass is 16.5. The van der Waals surface area contributed by atoms with Crippen molar-refractivity contribution < 1.29 is 18.7 Å². The average Bonchev–Trinajstić information content (AvgIpc) is 3.30. The number of ether oxygens (including phenoxy) is 1. The highest BCUT2D eigenvalue weighted by Crippen LogP contribution is 2.23. The third kappa shape index (κ3) is 5.29. The second kappa shape index (κ2) is 10.3. The van der Waals surface area contributed by atoms with Gasteiger partial charge in [-0.25, -0.2) is 4.79 Å². The van der Waals surface area contributed by atoms with Gasteiger partial charge in [-0.15, -0.1) is 0 Å². The summed E-state index contributed by atoms with van der Waals surface area (Å²) in [5.41, 5.74) is 3.90. The fourth-order valence-electron chi connectivity index (χ4n) is 3.20. The van der Waals surface area contributed by atoms with Gasteiger partial charge in [0.15, 0.2) is 6.61 Å². The predicted molar refractivity (Wildman–Crippen MR) is 117 cm³/mol. The summed E-state index contributed by atoms with van der Waals surface area (Å²) >= 11 is 0. The largest absolute Gasteiger partial charge is 0.467 e. The van der Waals surface area contributed by atoms with Gasteiger partial charge in [-0.05, 0) is 48.2 Å². The van der Waals surface area contributed by atoms with Gasteiger partial charge in [0, 0.05) is 11.4 Å². The number of hydrogen-bond acceptors (Lipinski definition) is 5. The smallest absolute Gasteiger partial charge is 0.340 e. The van der Waals surface area contributed by atoms with Crippen molar-refractivity contribution in [3.8, 4) is 0 Å². The van der Waals surface area contributed by atoms with Gasteiger partial charge in [0.2, 0.25) is 0 Å². The van der Waals surface area contributed by atoms with Crippen LogP contribution in [0.5, 0.6) is 0 Å². The normalized spacial score (nSPS) is 10.5. The number of para-hydroxylation sites is 2. The molecular weight excluding hydrogens is 380 g/mol. The molecule has 2 N–H and O–H groups in total. The van der Waals surface area contributed by atoms with E-state index in [9.17, 15) is 9.59 Å². The van der Waals surface area contributed by atoms with E-state index in [4.69, 9.17) is 9.15 Å². The minimum absolute atomic E-state index is 0.355. The summed E-state index contributed by atoms with van der Waals surface area (Å²) < 4.78 is 10.6. The molecule has 6 heteroatoms. The number of nitrogens with one attached hydrogen (secondary N) is 2. The molecule has 0 aliphatic heterocycles. The Kier molecular flexibility index (Phi) is 7.27. The zero-order valence-corrected chi connectivity index (χ0v) is 17.2. The van der Waals surface area contributed by atoms with Gasteiger partial charge in [0.1, 0.15) is 5.76 Å². The minimum atomic E-state index is -0.563. The van der Waals surface area contributed by atoms with E-state index >= 15 is 0 Å². The van der Waals surface area contributed by atoms with Crippen molar-refractivity contribution in [2.24, 2.45) is 0 Å². The maximum absolute atomic E-state index is 12.6. The molecule has 0 unspecified atom stereocenters. The maximum Gasteiger partial charge on any atom is 0.340 e. The van der Waals surface area contributed by atoms with Crippen molar-refractivity contribution in [3.05, 3.63) is 83.3 Å². The van der Waals surface area contributed by atoms with E-state index in [-0.39, 0.29) is 12.5 Å². The second-order valence-corrected chi connectivity index (χ2v) is 6.76. The zero-order chi connectivity index (χ0) is 21.3. The molecule has 156 valence electrons. The molecule has 3 rings (SSSR count). The van der Waals surface area contributed by atoms with E-state index in [1.165, 1.54) is 0 Å². The molecule has 1 heterocycles. The Bertz CT molecular complexity index is 974. The zero-order valence-electron chi connectivity index (χ0n) is 17.2. The Morgan fingerprint density at radius 3 is 2.33 bits per heavy atom. The molecule has 3 aromatic rings. The Balaban J connectivity index is 1.61. The van der Waals surface area contributed by atoms with Gasteiger partial charge >= 0.3 is 5.97 Å². The summed E-state index contributed by atoms with van der Waals surface area (Å²) in [6.45, 7) is 4.16. The molecule has 0 fully saturated rings. The Labute approximate surface area is 176 Å². The van der Waals surface area contributed by atoms with Crippen LogP contribution in [0.2, 0.25) is 0 Å². The maximum atomic E-state index is 12.6. The molecule has 0 radical (unpaired) electrons. The van der Waals surface area contributed by atoms with Gasteiger partial charge in [-0.2, -0.15) is 0 Å². The first-order valence-electron chi connectivity index (χ1n) is 10.0. The van der Waals surface area contributed by atoms with Gasteiger partial charge in [0.25, 0.3) is 5.91 Å². The molecule has 0 aliphatic carbocycles. The van der Waals surface area contributed by atoms with Crippen LogP contribution in [-0.2, 0) is 28.9 Å². The van der Waals surface area contributed by atoms with Crippen LogP contribution in [0.1, 0.15) is 41.1 Å². The number of aryl methyl sites for hydroxylation is 2. The van der Waals surface area contributed by atoms with Crippen LogP contribution in [0.25, 0.3) is 0 Å². The fourth-order valence-corrected chi connectivity index (χ4v) is 3.20. The summed E-state index contributed by atoms with van der Waals surface area (Å²) in [4.78, 5) is 25.0. The third-order valence-corrected chi connectivity index (χ3v) is 4.78.